The van der Waals surface area contributed by atoms with Crippen molar-refractivity contribution in [2.45, 2.75) is 10.1 Å². The first-order valence-electron chi connectivity index (χ1n) is 5.16. The molecule has 6 rings (SSSR count). The fourth-order valence-corrected chi connectivity index (χ4v) is 6.31. The zero-order valence-electron chi connectivity index (χ0n) is 7.38. The van der Waals surface area contributed by atoms with E-state index in [0.29, 0.717) is 33.7 Å². The van der Waals surface area contributed by atoms with Crippen LogP contribution in [0.15, 0.2) is 10.1 Å². The molecule has 6 aliphatic rings. The van der Waals surface area contributed by atoms with Crippen LogP contribution in [-0.2, 0) is 4.74 Å². The molecule has 5 fully saturated rings. The minimum absolute atomic E-state index is 0.298. The molecular formula is C10H6Cl4O. The van der Waals surface area contributed by atoms with E-state index in [1.807, 2.05) is 0 Å². The second kappa shape index (κ2) is 1.99. The van der Waals surface area contributed by atoms with Crippen molar-refractivity contribution < 1.29 is 4.74 Å². The van der Waals surface area contributed by atoms with Gasteiger partial charge in [-0.05, 0) is 23.7 Å². The highest BCUT2D eigenvalue weighted by Gasteiger charge is 2.93. The summed E-state index contributed by atoms with van der Waals surface area (Å²) in [7, 11) is 0. The van der Waals surface area contributed by atoms with E-state index in [1.165, 1.54) is 0 Å². The maximum Gasteiger partial charge on any atom is 0.185 e. The molecule has 15 heavy (non-hydrogen) atoms. The van der Waals surface area contributed by atoms with Gasteiger partial charge < -0.3 is 4.74 Å². The van der Waals surface area contributed by atoms with Crippen LogP contribution in [0.5, 0.6) is 0 Å². The lowest BCUT2D eigenvalue weighted by Crippen LogP contribution is -2.33. The molecule has 0 amide bonds. The minimum Gasteiger partial charge on any atom is -0.327 e. The smallest absolute Gasteiger partial charge is 0.185 e. The van der Waals surface area contributed by atoms with Crippen LogP contribution in [0.1, 0.15) is 0 Å². The molecule has 1 saturated heterocycles. The van der Waals surface area contributed by atoms with Gasteiger partial charge in [0.15, 0.2) is 10.1 Å². The van der Waals surface area contributed by atoms with Gasteiger partial charge in [0.1, 0.15) is 0 Å². The Balaban J connectivity index is 1.80. The topological polar surface area (TPSA) is 9.23 Å². The van der Waals surface area contributed by atoms with Crippen LogP contribution < -0.4 is 0 Å². The SMILES string of the molecule is ClC1=C(Cl)[C@@]2(Cl)O[C@]1(Cl)[C@H]1C3C4C3C4[C@H]12. The third-order valence-electron chi connectivity index (χ3n) is 5.10. The molecule has 0 aromatic rings. The van der Waals surface area contributed by atoms with E-state index in [9.17, 15) is 0 Å². The van der Waals surface area contributed by atoms with Gasteiger partial charge in [-0.1, -0.05) is 46.4 Å². The molecule has 2 heterocycles. The van der Waals surface area contributed by atoms with Gasteiger partial charge in [-0.2, -0.15) is 0 Å². The Labute approximate surface area is 107 Å². The standard InChI is InChI=1S/C10H6Cl4O/c11-7-8(12)10(14)6-4-1-2(4)3(1)5(6)9(7,13)15-10/h1-6H/t1?,2?,3?,4?,5-,6+,9+,10-. The van der Waals surface area contributed by atoms with Crippen LogP contribution in [0.3, 0.4) is 0 Å². The second-order valence-corrected chi connectivity index (χ2v) is 7.26. The number of ether oxygens (including phenoxy) is 1. The molecular weight excluding hydrogens is 278 g/mol. The molecule has 0 N–H and O–H groups in total. The summed E-state index contributed by atoms with van der Waals surface area (Å²) in [6, 6.07) is 0. The highest BCUT2D eigenvalue weighted by atomic mass is 35.5. The van der Waals surface area contributed by atoms with Crippen molar-refractivity contribution in [3.8, 4) is 0 Å². The number of fused-ring (bicyclic) bond motifs is 2. The van der Waals surface area contributed by atoms with Gasteiger partial charge in [0.2, 0.25) is 0 Å². The van der Waals surface area contributed by atoms with Gasteiger partial charge >= 0.3 is 0 Å². The number of rotatable bonds is 0. The summed E-state index contributed by atoms with van der Waals surface area (Å²) in [6.45, 7) is 0. The van der Waals surface area contributed by atoms with Crippen molar-refractivity contribution in [1.29, 1.82) is 0 Å². The van der Waals surface area contributed by atoms with E-state index in [0.717, 1.165) is 11.8 Å². The molecule has 6 atom stereocenters. The van der Waals surface area contributed by atoms with E-state index in [2.05, 4.69) is 0 Å². The fourth-order valence-electron chi connectivity index (χ4n) is 4.56. The maximum atomic E-state index is 6.49. The van der Waals surface area contributed by atoms with Gasteiger partial charge in [0, 0.05) is 11.8 Å². The van der Waals surface area contributed by atoms with Crippen molar-refractivity contribution >= 4 is 46.4 Å². The fraction of sp³-hybridized carbons (Fsp3) is 0.800. The molecule has 80 valence electrons. The molecule has 1 nitrogen and oxygen atoms in total. The van der Waals surface area contributed by atoms with Crippen molar-refractivity contribution in [3.63, 3.8) is 0 Å². The number of halogens is 4. The average molecular weight is 284 g/mol. The van der Waals surface area contributed by atoms with Gasteiger partial charge in [0.25, 0.3) is 0 Å². The minimum atomic E-state index is -0.909. The molecule has 0 aromatic heterocycles. The zero-order chi connectivity index (χ0) is 10.3. The summed E-state index contributed by atoms with van der Waals surface area (Å²) in [5, 5.41) is -0.967. The maximum absolute atomic E-state index is 6.49. The predicted molar refractivity (Wildman–Crippen MR) is 57.9 cm³/mol. The molecule has 0 radical (unpaired) electrons. The van der Waals surface area contributed by atoms with Gasteiger partial charge in [-0.25, -0.2) is 0 Å². The van der Waals surface area contributed by atoms with Crippen LogP contribution in [-0.4, -0.2) is 10.1 Å². The molecule has 4 aliphatic carbocycles. The van der Waals surface area contributed by atoms with E-state index >= 15 is 0 Å². The highest BCUT2D eigenvalue weighted by Crippen LogP contribution is 2.93. The molecule has 4 bridgehead atoms. The summed E-state index contributed by atoms with van der Waals surface area (Å²) in [6.07, 6.45) is 0. The Bertz CT molecular complexity index is 414. The van der Waals surface area contributed by atoms with Crippen molar-refractivity contribution in [2.75, 3.05) is 0 Å². The van der Waals surface area contributed by atoms with Crippen molar-refractivity contribution in [3.05, 3.63) is 10.1 Å². The number of hydrogen-bond acceptors (Lipinski definition) is 1. The summed E-state index contributed by atoms with van der Waals surface area (Å²) < 4.78 is 5.75. The van der Waals surface area contributed by atoms with Crippen LogP contribution in [0.2, 0.25) is 0 Å². The van der Waals surface area contributed by atoms with Gasteiger partial charge in [-0.15, -0.1) is 0 Å². The third kappa shape index (κ3) is 0.622. The van der Waals surface area contributed by atoms with Crippen LogP contribution >= 0.6 is 46.4 Å². The van der Waals surface area contributed by atoms with E-state index in [4.69, 9.17) is 51.1 Å². The molecule has 2 unspecified atom stereocenters. The first-order valence-corrected chi connectivity index (χ1v) is 6.67. The van der Waals surface area contributed by atoms with Crippen LogP contribution in [0.4, 0.5) is 0 Å². The van der Waals surface area contributed by atoms with Crippen molar-refractivity contribution in [1.82, 2.24) is 0 Å². The van der Waals surface area contributed by atoms with Gasteiger partial charge in [-0.3, -0.25) is 0 Å². The largest absolute Gasteiger partial charge is 0.327 e. The Morgan fingerprint density at radius 2 is 1.20 bits per heavy atom. The third-order valence-corrected chi connectivity index (χ3v) is 7.37. The van der Waals surface area contributed by atoms with E-state index < -0.39 is 10.1 Å². The van der Waals surface area contributed by atoms with Crippen LogP contribution in [0, 0.1) is 35.5 Å². The Kier molecular flexibility index (Phi) is 1.18. The highest BCUT2D eigenvalue weighted by molar-refractivity contribution is 6.49. The number of alkyl halides is 2. The summed E-state index contributed by atoms with van der Waals surface area (Å²) in [5.41, 5.74) is 0. The lowest BCUT2D eigenvalue weighted by molar-refractivity contribution is 0.0305. The lowest BCUT2D eigenvalue weighted by Gasteiger charge is -2.28. The lowest BCUT2D eigenvalue weighted by atomic mass is 9.85. The molecule has 4 saturated carbocycles. The Hall–Kier alpha value is 0.860. The van der Waals surface area contributed by atoms with Crippen LogP contribution in [0.25, 0.3) is 0 Å². The summed E-state index contributed by atoms with van der Waals surface area (Å²) in [4.78, 5) is 0. The summed E-state index contributed by atoms with van der Waals surface area (Å²) >= 11 is 25.3. The van der Waals surface area contributed by atoms with Gasteiger partial charge in [0.05, 0.1) is 10.1 Å². The average Bonchev–Trinajstić information content (AvgIpc) is 2.93. The molecule has 5 heteroatoms. The molecule has 2 aliphatic heterocycles. The Morgan fingerprint density at radius 1 is 0.800 bits per heavy atom. The van der Waals surface area contributed by atoms with E-state index in [1.54, 1.807) is 0 Å². The van der Waals surface area contributed by atoms with E-state index in [-0.39, 0.29) is 0 Å². The second-order valence-electron chi connectivity index (χ2n) is 5.38. The van der Waals surface area contributed by atoms with Crippen molar-refractivity contribution in [2.24, 2.45) is 35.5 Å². The number of hydrogen-bond donors (Lipinski definition) is 0. The zero-order valence-corrected chi connectivity index (χ0v) is 10.4. The first-order chi connectivity index (χ1) is 7.02. The summed E-state index contributed by atoms with van der Waals surface area (Å²) in [5.74, 6) is 3.71. The molecule has 0 aromatic carbocycles. The molecule has 0 spiro atoms. The predicted octanol–water partition coefficient (Wildman–Crippen LogP) is 3.33. The normalized spacial score (nSPS) is 76.0. The first kappa shape index (κ1) is 8.88. The quantitative estimate of drug-likeness (QED) is 0.620. The Morgan fingerprint density at radius 3 is 1.60 bits per heavy atom. The monoisotopic (exact) mass is 282 g/mol.